The zero-order chi connectivity index (χ0) is 46.7. The quantitative estimate of drug-likeness (QED) is 0.121. The number of pyridine rings is 2. The standard InChI is InChI=1S/C47H52F2N8O8/c1-25(2)39(54-45(62)64-5)43(60)56-15-7-9-37(56)41(58)52-31-17-29(21-50-23-31)27-11-13-33-34-14-12-28(20-36(34)47(48,49)35(33)19-27)30-18-32(24-51-22-30)53-42(59)38-10-8-16-57(38)44(61)40(26(3)4)55-46(63)65-6/h11-14,17-26,37-40H,7-10,15-16H2,1-6H3,(H,52,58)(H,53,59)(H,54,62)(H,55,63)/t37-,38-,39-,40?/m0/s1. The van der Waals surface area contributed by atoms with Crippen molar-refractivity contribution in [2.45, 2.75) is 83.5 Å². The van der Waals surface area contributed by atoms with Crippen molar-refractivity contribution in [2.24, 2.45) is 11.8 Å². The molecule has 2 aliphatic heterocycles. The lowest BCUT2D eigenvalue weighted by molar-refractivity contribution is -0.139. The van der Waals surface area contributed by atoms with Crippen LogP contribution < -0.4 is 21.3 Å². The number of benzene rings is 2. The van der Waals surface area contributed by atoms with Crippen LogP contribution in [0.3, 0.4) is 0 Å². The van der Waals surface area contributed by atoms with E-state index >= 15 is 8.78 Å². The maximum absolute atomic E-state index is 16.5. The van der Waals surface area contributed by atoms with Crippen molar-refractivity contribution < 1.29 is 47.0 Å². The van der Waals surface area contributed by atoms with E-state index in [4.69, 9.17) is 0 Å². The van der Waals surface area contributed by atoms with Gasteiger partial charge in [0.05, 0.1) is 38.0 Å². The largest absolute Gasteiger partial charge is 0.453 e. The Kier molecular flexibility index (Phi) is 13.5. The first kappa shape index (κ1) is 46.0. The molecule has 2 aromatic carbocycles. The number of carbonyl (C=O) groups is 6. The van der Waals surface area contributed by atoms with Crippen LogP contribution in [0.2, 0.25) is 0 Å². The SMILES string of the molecule is COC(=O)NC(C(=O)N1CCC[C@H]1C(=O)Nc1cncc(-c2ccc3c(c2)C(F)(F)c2cc(-c4cncc(NC(=O)[C@@H]5CCCN5C(=O)[C@@H](NC(=O)OC)C(C)C)c4)ccc2-3)c1)C(C)C. The summed E-state index contributed by atoms with van der Waals surface area (Å²) in [6.07, 6.45) is 6.40. The number of nitrogens with one attached hydrogen (secondary N) is 4. The maximum atomic E-state index is 16.5. The van der Waals surface area contributed by atoms with E-state index in [0.29, 0.717) is 83.5 Å². The number of halogens is 2. The number of hydrogen-bond acceptors (Lipinski definition) is 10. The number of alkyl carbamates (subject to hydrolysis) is 2. The predicted octanol–water partition coefficient (Wildman–Crippen LogP) is 6.55. The van der Waals surface area contributed by atoms with Crippen molar-refractivity contribution in [3.63, 3.8) is 0 Å². The topological polar surface area (TPSA) is 201 Å². The molecule has 3 aliphatic rings. The Labute approximate surface area is 374 Å². The van der Waals surface area contributed by atoms with Crippen LogP contribution in [0.1, 0.15) is 64.5 Å². The van der Waals surface area contributed by atoms with Gasteiger partial charge in [-0.2, -0.15) is 8.78 Å². The number of aromatic nitrogens is 2. The van der Waals surface area contributed by atoms with Gasteiger partial charge in [0, 0.05) is 47.7 Å². The lowest BCUT2D eigenvalue weighted by Gasteiger charge is -2.30. The highest BCUT2D eigenvalue weighted by atomic mass is 19.3. The zero-order valence-corrected chi connectivity index (χ0v) is 36.9. The number of anilines is 2. The van der Waals surface area contributed by atoms with E-state index in [-0.39, 0.29) is 23.0 Å². The van der Waals surface area contributed by atoms with Crippen LogP contribution in [0.4, 0.5) is 29.7 Å². The summed E-state index contributed by atoms with van der Waals surface area (Å²) in [5.41, 5.74) is 2.80. The number of hydrogen-bond donors (Lipinski definition) is 4. The molecule has 4 atom stereocenters. The Morgan fingerprint density at radius 2 is 1.02 bits per heavy atom. The molecule has 1 unspecified atom stereocenters. The lowest BCUT2D eigenvalue weighted by Crippen LogP contribution is -2.54. The van der Waals surface area contributed by atoms with Gasteiger partial charge in [-0.25, -0.2) is 9.59 Å². The first-order valence-electron chi connectivity index (χ1n) is 21.5. The summed E-state index contributed by atoms with van der Waals surface area (Å²) in [7, 11) is 2.41. The average molecular weight is 895 g/mol. The second-order valence-electron chi connectivity index (χ2n) is 17.1. The smallest absolute Gasteiger partial charge is 0.407 e. The molecule has 6 amide bonds. The third-order valence-corrected chi connectivity index (χ3v) is 12.1. The van der Waals surface area contributed by atoms with Crippen molar-refractivity contribution >= 4 is 47.2 Å². The molecule has 4 heterocycles. The molecule has 65 heavy (non-hydrogen) atoms. The monoisotopic (exact) mass is 894 g/mol. The van der Waals surface area contributed by atoms with Gasteiger partial charge in [0.2, 0.25) is 23.6 Å². The molecule has 16 nitrogen and oxygen atoms in total. The van der Waals surface area contributed by atoms with Crippen LogP contribution >= 0.6 is 0 Å². The highest BCUT2D eigenvalue weighted by molar-refractivity contribution is 6.00. The molecule has 7 rings (SSSR count). The summed E-state index contributed by atoms with van der Waals surface area (Å²) in [4.78, 5) is 89.5. The van der Waals surface area contributed by atoms with Gasteiger partial charge in [-0.15, -0.1) is 0 Å². The van der Waals surface area contributed by atoms with E-state index in [0.717, 1.165) is 0 Å². The van der Waals surface area contributed by atoms with E-state index in [9.17, 15) is 28.8 Å². The second kappa shape index (κ2) is 19.0. The molecule has 0 spiro atoms. The normalized spacial score (nSPS) is 18.1. The first-order chi connectivity index (χ1) is 31.0. The second-order valence-corrected chi connectivity index (χ2v) is 17.1. The third kappa shape index (κ3) is 9.47. The van der Waals surface area contributed by atoms with Crippen molar-refractivity contribution in [2.75, 3.05) is 37.9 Å². The van der Waals surface area contributed by atoms with Crippen LogP contribution in [0.5, 0.6) is 0 Å². The molecule has 0 radical (unpaired) electrons. The zero-order valence-electron chi connectivity index (χ0n) is 36.9. The molecule has 4 N–H and O–H groups in total. The summed E-state index contributed by atoms with van der Waals surface area (Å²) < 4.78 is 42.4. The fourth-order valence-electron chi connectivity index (χ4n) is 8.73. The predicted molar refractivity (Wildman–Crippen MR) is 236 cm³/mol. The van der Waals surface area contributed by atoms with Gasteiger partial charge in [0.1, 0.15) is 24.2 Å². The Balaban J connectivity index is 1.05. The summed E-state index contributed by atoms with van der Waals surface area (Å²) in [6.45, 7) is 7.80. The van der Waals surface area contributed by atoms with Crippen LogP contribution in [-0.4, -0.2) is 107 Å². The number of alkyl halides is 2. The molecule has 4 aromatic rings. The van der Waals surface area contributed by atoms with Crippen molar-refractivity contribution in [3.05, 3.63) is 84.4 Å². The third-order valence-electron chi connectivity index (χ3n) is 12.1. The maximum Gasteiger partial charge on any atom is 0.407 e. The number of amides is 6. The van der Waals surface area contributed by atoms with E-state index in [1.807, 2.05) is 0 Å². The van der Waals surface area contributed by atoms with E-state index in [1.54, 1.807) is 64.1 Å². The molecule has 342 valence electrons. The van der Waals surface area contributed by atoms with Gasteiger partial charge >= 0.3 is 12.2 Å². The fraction of sp³-hybridized carbons (Fsp3) is 0.404. The number of carbonyl (C=O) groups excluding carboxylic acids is 6. The van der Waals surface area contributed by atoms with Crippen LogP contribution in [0.15, 0.2) is 73.3 Å². The Bertz CT molecular complexity index is 2350. The number of fused-ring (bicyclic) bond motifs is 3. The van der Waals surface area contributed by atoms with Gasteiger partial charge in [-0.1, -0.05) is 52.0 Å². The average Bonchev–Trinajstić information content (AvgIpc) is 4.05. The van der Waals surface area contributed by atoms with Gasteiger partial charge < -0.3 is 40.5 Å². The highest BCUT2D eigenvalue weighted by Gasteiger charge is 2.45. The lowest BCUT2D eigenvalue weighted by atomic mass is 9.99. The molecular weight excluding hydrogens is 843 g/mol. The number of rotatable bonds is 12. The van der Waals surface area contributed by atoms with E-state index in [2.05, 4.69) is 40.7 Å². The minimum absolute atomic E-state index is 0.201. The Morgan fingerprint density at radius 1 is 0.615 bits per heavy atom. The van der Waals surface area contributed by atoms with Crippen LogP contribution in [0.25, 0.3) is 33.4 Å². The minimum atomic E-state index is -3.39. The van der Waals surface area contributed by atoms with E-state index in [1.165, 1.54) is 60.9 Å². The number of likely N-dealkylation sites (tertiary alicyclic amines) is 2. The molecule has 18 heteroatoms. The molecule has 2 aromatic heterocycles. The number of nitrogens with zero attached hydrogens (tertiary/aromatic N) is 4. The molecular formula is C47H52F2N8O8. The van der Waals surface area contributed by atoms with Gasteiger partial charge in [-0.05, 0) is 84.0 Å². The first-order valence-corrected chi connectivity index (χ1v) is 21.5. The molecule has 2 fully saturated rings. The Morgan fingerprint density at radius 3 is 1.38 bits per heavy atom. The van der Waals surface area contributed by atoms with Crippen LogP contribution in [-0.2, 0) is 34.6 Å². The Hall–Kier alpha value is -6.98. The summed E-state index contributed by atoms with van der Waals surface area (Å²) >= 11 is 0. The van der Waals surface area contributed by atoms with Crippen molar-refractivity contribution in [1.82, 2.24) is 30.4 Å². The molecule has 0 saturated carbocycles. The van der Waals surface area contributed by atoms with Gasteiger partial charge in [-0.3, -0.25) is 29.1 Å². The van der Waals surface area contributed by atoms with Gasteiger partial charge in [0.25, 0.3) is 5.92 Å². The molecule has 1 aliphatic carbocycles. The summed E-state index contributed by atoms with van der Waals surface area (Å²) in [6, 6.07) is 9.41. The van der Waals surface area contributed by atoms with E-state index < -0.39 is 65.9 Å². The molecule has 2 saturated heterocycles. The van der Waals surface area contributed by atoms with Crippen molar-refractivity contribution in [3.8, 4) is 33.4 Å². The van der Waals surface area contributed by atoms with Crippen LogP contribution in [0, 0.1) is 11.8 Å². The van der Waals surface area contributed by atoms with Gasteiger partial charge in [0.15, 0.2) is 0 Å². The highest BCUT2D eigenvalue weighted by Crippen LogP contribution is 2.52. The summed E-state index contributed by atoms with van der Waals surface area (Å²) in [5, 5.41) is 10.8. The number of ether oxygens (including phenoxy) is 2. The molecule has 0 bridgehead atoms. The minimum Gasteiger partial charge on any atom is -0.453 e. The number of methoxy groups -OCH3 is 2. The van der Waals surface area contributed by atoms with Crippen molar-refractivity contribution in [1.29, 1.82) is 0 Å². The fourth-order valence-corrected chi connectivity index (χ4v) is 8.73. The summed E-state index contributed by atoms with van der Waals surface area (Å²) in [5.74, 6) is -5.60.